The van der Waals surface area contributed by atoms with Crippen molar-refractivity contribution in [2.75, 3.05) is 5.32 Å². The van der Waals surface area contributed by atoms with Crippen LogP contribution in [0.5, 0.6) is 5.75 Å². The topological polar surface area (TPSA) is 81.4 Å². The summed E-state index contributed by atoms with van der Waals surface area (Å²) in [7, 11) is 0. The van der Waals surface area contributed by atoms with Crippen LogP contribution in [-0.2, 0) is 11.4 Å². The van der Waals surface area contributed by atoms with Gasteiger partial charge in [-0.1, -0.05) is 29.8 Å². The molecule has 3 heterocycles. The number of pyridine rings is 1. The van der Waals surface area contributed by atoms with Crippen molar-refractivity contribution in [3.05, 3.63) is 82.9 Å². The first kappa shape index (κ1) is 20.2. The van der Waals surface area contributed by atoms with Crippen LogP contribution in [0.15, 0.2) is 61.1 Å². The van der Waals surface area contributed by atoms with Gasteiger partial charge in [-0.25, -0.2) is 4.98 Å². The molecule has 2 atom stereocenters. The van der Waals surface area contributed by atoms with E-state index in [1.54, 1.807) is 6.07 Å². The first-order valence-corrected chi connectivity index (χ1v) is 11.5. The lowest BCUT2D eigenvalue weighted by Gasteiger charge is -2.07. The highest BCUT2D eigenvalue weighted by atomic mass is 35.5. The lowest BCUT2D eigenvalue weighted by molar-refractivity contribution is -0.117. The van der Waals surface area contributed by atoms with E-state index < -0.39 is 0 Å². The highest BCUT2D eigenvalue weighted by Gasteiger charge is 2.44. The second-order valence-corrected chi connectivity index (χ2v) is 9.23. The van der Waals surface area contributed by atoms with Crippen molar-refractivity contribution in [3.63, 3.8) is 0 Å². The fourth-order valence-corrected chi connectivity index (χ4v) is 4.44. The van der Waals surface area contributed by atoms with Gasteiger partial charge < -0.3 is 14.5 Å². The molecule has 2 aliphatic carbocycles. The molecular weight excluding hydrogens is 438 g/mol. The number of hydrogen-bond donors (Lipinski definition) is 1. The van der Waals surface area contributed by atoms with Crippen LogP contribution in [-0.4, -0.2) is 25.5 Å². The highest BCUT2D eigenvalue weighted by Crippen LogP contribution is 2.48. The quantitative estimate of drug-likeness (QED) is 0.421. The molecule has 0 spiro atoms. The van der Waals surface area contributed by atoms with E-state index in [-0.39, 0.29) is 17.7 Å². The smallest absolute Gasteiger partial charge is 0.229 e. The second-order valence-electron chi connectivity index (χ2n) is 8.79. The number of halogens is 1. The van der Waals surface area contributed by atoms with Crippen LogP contribution in [0.4, 0.5) is 5.82 Å². The Balaban J connectivity index is 1.08. The highest BCUT2D eigenvalue weighted by molar-refractivity contribution is 6.30. The number of carbonyl (C=O) groups is 1. The number of carbonyl (C=O) groups excluding carboxylic acids is 1. The molecule has 166 valence electrons. The number of nitrogens with zero attached hydrogens (tertiary/aromatic N) is 4. The molecule has 2 saturated carbocycles. The summed E-state index contributed by atoms with van der Waals surface area (Å²) < 4.78 is 7.92. The van der Waals surface area contributed by atoms with Crippen molar-refractivity contribution in [2.24, 2.45) is 5.92 Å². The summed E-state index contributed by atoms with van der Waals surface area (Å²) >= 11 is 6.07. The minimum atomic E-state index is -0.0895. The number of nitrogens with one attached hydrogen (secondary N) is 1. The second kappa shape index (κ2) is 8.15. The first-order chi connectivity index (χ1) is 16.1. The monoisotopic (exact) mass is 459 g/mol. The number of aromatic nitrogens is 4. The Labute approximate surface area is 195 Å². The summed E-state index contributed by atoms with van der Waals surface area (Å²) in [6, 6.07) is 13.6. The molecule has 1 amide bonds. The standard InChI is InChI=1S/C25H22ClN5O2/c26-18-3-1-2-16(8-18)21-10-22(21)25(32)29-23-9-20(11-27-30-23)33-14-19-13-31-12-17(15-4-5-15)6-7-24(31)28-19/h1-3,6-9,11-13,15,21-22H,4-5,10,14H2,(H,29,30,32). The summed E-state index contributed by atoms with van der Waals surface area (Å²) in [6.45, 7) is 0.305. The minimum absolute atomic E-state index is 0.0711. The normalized spacial score (nSPS) is 19.4. The molecule has 2 aliphatic rings. The van der Waals surface area contributed by atoms with Crippen molar-refractivity contribution in [1.82, 2.24) is 19.6 Å². The van der Waals surface area contributed by atoms with Crippen LogP contribution in [0.2, 0.25) is 5.02 Å². The van der Waals surface area contributed by atoms with Gasteiger partial charge in [-0.3, -0.25) is 4.79 Å². The predicted molar refractivity (Wildman–Crippen MR) is 124 cm³/mol. The van der Waals surface area contributed by atoms with Gasteiger partial charge in [-0.05, 0) is 60.4 Å². The average Bonchev–Trinajstić information content (AvgIpc) is 3.74. The molecule has 33 heavy (non-hydrogen) atoms. The van der Waals surface area contributed by atoms with Crippen molar-refractivity contribution in [1.29, 1.82) is 0 Å². The predicted octanol–water partition coefficient (Wildman–Crippen LogP) is 4.98. The van der Waals surface area contributed by atoms with E-state index in [2.05, 4.69) is 37.2 Å². The SMILES string of the molecule is O=C(Nc1cc(OCc2cn3cc(C4CC4)ccc3n2)cnn1)C1CC1c1cccc(Cl)c1. The van der Waals surface area contributed by atoms with Gasteiger partial charge in [0.15, 0.2) is 5.82 Å². The molecule has 0 bridgehead atoms. The van der Waals surface area contributed by atoms with E-state index in [0.29, 0.717) is 29.1 Å². The van der Waals surface area contributed by atoms with Crippen molar-refractivity contribution in [2.45, 2.75) is 37.7 Å². The van der Waals surface area contributed by atoms with Gasteiger partial charge in [0.05, 0.1) is 11.9 Å². The zero-order chi connectivity index (χ0) is 22.4. The Morgan fingerprint density at radius 3 is 2.91 bits per heavy atom. The van der Waals surface area contributed by atoms with Gasteiger partial charge >= 0.3 is 0 Å². The van der Waals surface area contributed by atoms with Crippen LogP contribution in [0.1, 0.15) is 47.9 Å². The van der Waals surface area contributed by atoms with E-state index in [1.165, 1.54) is 24.6 Å². The van der Waals surface area contributed by atoms with E-state index in [0.717, 1.165) is 23.3 Å². The fraction of sp³-hybridized carbons (Fsp3) is 0.280. The minimum Gasteiger partial charge on any atom is -0.485 e. The van der Waals surface area contributed by atoms with Crippen LogP contribution >= 0.6 is 11.6 Å². The lowest BCUT2D eigenvalue weighted by atomic mass is 10.1. The van der Waals surface area contributed by atoms with Gasteiger partial charge in [0.2, 0.25) is 5.91 Å². The Kier molecular flexibility index (Phi) is 4.99. The molecule has 0 aliphatic heterocycles. The molecule has 1 N–H and O–H groups in total. The molecule has 1 aromatic carbocycles. The molecule has 4 aromatic rings. The number of amides is 1. The van der Waals surface area contributed by atoms with Crippen LogP contribution in [0.3, 0.4) is 0 Å². The van der Waals surface area contributed by atoms with Crippen LogP contribution in [0.25, 0.3) is 5.65 Å². The van der Waals surface area contributed by atoms with E-state index >= 15 is 0 Å². The van der Waals surface area contributed by atoms with Crippen molar-refractivity contribution < 1.29 is 9.53 Å². The third-order valence-electron chi connectivity index (χ3n) is 6.24. The third-order valence-corrected chi connectivity index (χ3v) is 6.48. The zero-order valence-electron chi connectivity index (χ0n) is 17.8. The van der Waals surface area contributed by atoms with Gasteiger partial charge in [0, 0.05) is 29.4 Å². The fourth-order valence-electron chi connectivity index (χ4n) is 4.24. The van der Waals surface area contributed by atoms with E-state index in [4.69, 9.17) is 16.3 Å². The van der Waals surface area contributed by atoms with Crippen molar-refractivity contribution in [3.8, 4) is 5.75 Å². The number of hydrogen-bond acceptors (Lipinski definition) is 5. The maximum atomic E-state index is 12.6. The average molecular weight is 460 g/mol. The molecular formula is C25H22ClN5O2. The van der Waals surface area contributed by atoms with Gasteiger partial charge in [-0.15, -0.1) is 5.10 Å². The number of ether oxygens (including phenoxy) is 1. The maximum absolute atomic E-state index is 12.6. The van der Waals surface area contributed by atoms with Gasteiger partial charge in [0.25, 0.3) is 0 Å². The summed E-state index contributed by atoms with van der Waals surface area (Å²) in [5.41, 5.74) is 4.17. The van der Waals surface area contributed by atoms with Gasteiger partial charge in [0.1, 0.15) is 18.0 Å². The third kappa shape index (κ3) is 4.41. The largest absolute Gasteiger partial charge is 0.485 e. The lowest BCUT2D eigenvalue weighted by Crippen LogP contribution is -2.16. The molecule has 3 aromatic heterocycles. The Bertz CT molecular complexity index is 1350. The van der Waals surface area contributed by atoms with Crippen LogP contribution < -0.4 is 10.1 Å². The summed E-state index contributed by atoms with van der Waals surface area (Å²) in [5, 5.41) is 11.5. The first-order valence-electron chi connectivity index (χ1n) is 11.1. The summed E-state index contributed by atoms with van der Waals surface area (Å²) in [6.07, 6.45) is 9.01. The number of anilines is 1. The number of fused-ring (bicyclic) bond motifs is 1. The molecule has 0 radical (unpaired) electrons. The van der Waals surface area contributed by atoms with Gasteiger partial charge in [-0.2, -0.15) is 5.10 Å². The molecule has 2 fully saturated rings. The van der Waals surface area contributed by atoms with Crippen molar-refractivity contribution >= 4 is 29.0 Å². The van der Waals surface area contributed by atoms with Crippen LogP contribution in [0, 0.1) is 5.92 Å². The molecule has 8 heteroatoms. The zero-order valence-corrected chi connectivity index (χ0v) is 18.6. The molecule has 7 nitrogen and oxygen atoms in total. The molecule has 0 saturated heterocycles. The Morgan fingerprint density at radius 1 is 1.15 bits per heavy atom. The Hall–Kier alpha value is -3.45. The number of benzene rings is 1. The maximum Gasteiger partial charge on any atom is 0.229 e. The number of imidazole rings is 1. The van der Waals surface area contributed by atoms with E-state index in [9.17, 15) is 4.79 Å². The molecule has 2 unspecified atom stereocenters. The Morgan fingerprint density at radius 2 is 2.06 bits per heavy atom. The molecule has 6 rings (SSSR count). The summed E-state index contributed by atoms with van der Waals surface area (Å²) in [5.74, 6) is 1.62. The van der Waals surface area contributed by atoms with E-state index in [1.807, 2.05) is 36.5 Å². The number of rotatable bonds is 7. The summed E-state index contributed by atoms with van der Waals surface area (Å²) in [4.78, 5) is 17.3.